The average molecular weight is 386 g/mol. The number of hydrogen-bond acceptors (Lipinski definition) is 5. The molecule has 28 heavy (non-hydrogen) atoms. The first-order valence-corrected chi connectivity index (χ1v) is 9.22. The molecule has 0 saturated carbocycles. The van der Waals surface area contributed by atoms with E-state index in [0.717, 1.165) is 44.0 Å². The normalized spacial score (nSPS) is 16.2. The van der Waals surface area contributed by atoms with Gasteiger partial charge in [-0.15, -0.1) is 0 Å². The number of quaternary nitrogens is 1. The van der Waals surface area contributed by atoms with Gasteiger partial charge in [-0.2, -0.15) is 0 Å². The van der Waals surface area contributed by atoms with Crippen molar-refractivity contribution in [3.05, 3.63) is 69.5 Å². The molecule has 3 rings (SSSR count). The third kappa shape index (κ3) is 5.51. The van der Waals surface area contributed by atoms with Crippen molar-refractivity contribution < 1.29 is 23.8 Å². The van der Waals surface area contributed by atoms with E-state index in [4.69, 9.17) is 9.15 Å². The second-order valence-corrected chi connectivity index (χ2v) is 6.80. The number of carbonyl (C=O) groups is 1. The Morgan fingerprint density at radius 3 is 2.61 bits per heavy atom. The molecule has 0 aliphatic carbocycles. The van der Waals surface area contributed by atoms with Gasteiger partial charge in [0.2, 0.25) is 5.91 Å². The lowest BCUT2D eigenvalue weighted by molar-refractivity contribution is -0.909. The molecular weight excluding hydrogens is 362 g/mol. The Morgan fingerprint density at radius 1 is 1.25 bits per heavy atom. The van der Waals surface area contributed by atoms with Crippen molar-refractivity contribution in [2.24, 2.45) is 0 Å². The van der Waals surface area contributed by atoms with Crippen LogP contribution < -0.4 is 10.2 Å². The molecule has 1 aliphatic rings. The van der Waals surface area contributed by atoms with E-state index in [-0.39, 0.29) is 23.6 Å². The van der Waals surface area contributed by atoms with Gasteiger partial charge in [-0.05, 0) is 24.6 Å². The number of hydrogen-bond donors (Lipinski definition) is 2. The minimum absolute atomic E-state index is 0.142. The molecule has 1 amide bonds. The quantitative estimate of drug-likeness (QED) is 0.424. The van der Waals surface area contributed by atoms with Crippen LogP contribution in [0, 0.1) is 17.0 Å². The second kappa shape index (κ2) is 9.29. The maximum Gasteiger partial charge on any atom is 0.433 e. The lowest BCUT2D eigenvalue weighted by Crippen LogP contribution is -3.14. The third-order valence-corrected chi connectivity index (χ3v) is 4.68. The Kier molecular flexibility index (Phi) is 6.57. The van der Waals surface area contributed by atoms with Gasteiger partial charge >= 0.3 is 5.88 Å². The van der Waals surface area contributed by atoms with Crippen LogP contribution in [0.4, 0.5) is 5.88 Å². The molecule has 0 bridgehead atoms. The Labute approximate surface area is 162 Å². The van der Waals surface area contributed by atoms with E-state index in [9.17, 15) is 14.9 Å². The largest absolute Gasteiger partial charge is 0.433 e. The number of aryl methyl sites for hydroxylation is 1. The van der Waals surface area contributed by atoms with Crippen molar-refractivity contribution in [1.29, 1.82) is 0 Å². The number of nitrogens with one attached hydrogen (secondary N) is 2. The zero-order valence-electron chi connectivity index (χ0n) is 15.7. The summed E-state index contributed by atoms with van der Waals surface area (Å²) in [6.07, 6.45) is 2.76. The van der Waals surface area contributed by atoms with E-state index in [1.807, 2.05) is 31.2 Å². The summed E-state index contributed by atoms with van der Waals surface area (Å²) in [5, 5.41) is 13.7. The molecule has 2 aromatic rings. The van der Waals surface area contributed by atoms with Crippen molar-refractivity contribution >= 4 is 17.9 Å². The predicted octanol–water partition coefficient (Wildman–Crippen LogP) is 1.28. The Hall–Kier alpha value is -2.97. The number of amides is 1. The molecule has 8 nitrogen and oxygen atoms in total. The van der Waals surface area contributed by atoms with Crippen LogP contribution in [0.3, 0.4) is 0 Å². The number of ether oxygens (including phenoxy) is 1. The standard InChI is InChI=1S/C20H23N3O5/c1-15-2-4-16(5-3-15)18(14-22-10-12-27-13-11-22)21-19(24)8-6-17-7-9-20(28-17)23(25)26/h2-9,18H,10-14H2,1H3,(H,21,24)/p+1/b8-6+/t18-/m1/s1. The number of morpholine rings is 1. The highest BCUT2D eigenvalue weighted by Crippen LogP contribution is 2.17. The van der Waals surface area contributed by atoms with Crippen LogP contribution in [0.15, 0.2) is 46.9 Å². The topological polar surface area (TPSA) is 99.0 Å². The minimum Gasteiger partial charge on any atom is -0.401 e. The molecule has 1 aromatic carbocycles. The number of furan rings is 1. The fourth-order valence-corrected chi connectivity index (χ4v) is 3.11. The average Bonchev–Trinajstić information content (AvgIpc) is 3.17. The number of benzene rings is 1. The molecule has 8 heteroatoms. The lowest BCUT2D eigenvalue weighted by atomic mass is 10.0. The number of carbonyl (C=O) groups excluding carboxylic acids is 1. The van der Waals surface area contributed by atoms with Gasteiger partial charge in [0.15, 0.2) is 0 Å². The van der Waals surface area contributed by atoms with Crippen LogP contribution in [-0.2, 0) is 9.53 Å². The van der Waals surface area contributed by atoms with Gasteiger partial charge in [-0.1, -0.05) is 29.8 Å². The molecular formula is C20H24N3O5+. The Bertz CT molecular complexity index is 838. The predicted molar refractivity (Wildman–Crippen MR) is 103 cm³/mol. The number of nitro groups is 1. The second-order valence-electron chi connectivity index (χ2n) is 6.80. The summed E-state index contributed by atoms with van der Waals surface area (Å²) in [5.41, 5.74) is 2.20. The van der Waals surface area contributed by atoms with Crippen LogP contribution in [0.5, 0.6) is 0 Å². The fraction of sp³-hybridized carbons (Fsp3) is 0.350. The first-order valence-electron chi connectivity index (χ1n) is 9.22. The summed E-state index contributed by atoms with van der Waals surface area (Å²) < 4.78 is 10.4. The molecule has 1 aromatic heterocycles. The molecule has 0 radical (unpaired) electrons. The van der Waals surface area contributed by atoms with Gasteiger partial charge in [0.05, 0.1) is 19.3 Å². The van der Waals surface area contributed by atoms with Gasteiger partial charge in [0, 0.05) is 6.08 Å². The zero-order valence-corrected chi connectivity index (χ0v) is 15.7. The summed E-state index contributed by atoms with van der Waals surface area (Å²) >= 11 is 0. The van der Waals surface area contributed by atoms with Crippen molar-refractivity contribution in [1.82, 2.24) is 5.32 Å². The summed E-state index contributed by atoms with van der Waals surface area (Å²) in [7, 11) is 0. The molecule has 2 heterocycles. The Balaban J connectivity index is 1.68. The molecule has 0 spiro atoms. The summed E-state index contributed by atoms with van der Waals surface area (Å²) in [6, 6.07) is 10.7. The van der Waals surface area contributed by atoms with Crippen molar-refractivity contribution in [2.45, 2.75) is 13.0 Å². The monoisotopic (exact) mass is 386 g/mol. The van der Waals surface area contributed by atoms with Crippen LogP contribution in [-0.4, -0.2) is 43.7 Å². The summed E-state index contributed by atoms with van der Waals surface area (Å²) in [4.78, 5) is 23.9. The first-order chi connectivity index (χ1) is 13.5. The van der Waals surface area contributed by atoms with Gasteiger partial charge in [-0.25, -0.2) is 0 Å². The summed E-state index contributed by atoms with van der Waals surface area (Å²) in [5.74, 6) is -0.377. The van der Waals surface area contributed by atoms with E-state index in [2.05, 4.69) is 5.32 Å². The highest BCUT2D eigenvalue weighted by atomic mass is 16.6. The van der Waals surface area contributed by atoms with Gasteiger partial charge < -0.3 is 19.4 Å². The van der Waals surface area contributed by atoms with Gasteiger partial charge in [0.1, 0.15) is 36.4 Å². The number of nitrogens with zero attached hydrogens (tertiary/aromatic N) is 1. The fourth-order valence-electron chi connectivity index (χ4n) is 3.11. The maximum absolute atomic E-state index is 12.4. The van der Waals surface area contributed by atoms with E-state index in [1.165, 1.54) is 29.2 Å². The molecule has 1 aliphatic heterocycles. The summed E-state index contributed by atoms with van der Waals surface area (Å²) in [6.45, 7) is 6.05. The number of rotatable bonds is 7. The van der Waals surface area contributed by atoms with E-state index in [1.54, 1.807) is 0 Å². The third-order valence-electron chi connectivity index (χ3n) is 4.68. The SMILES string of the molecule is Cc1ccc([C@@H](C[NH+]2CCOCC2)NC(=O)/C=C/c2ccc([N+](=O)[O-])o2)cc1. The van der Waals surface area contributed by atoms with E-state index in [0.29, 0.717) is 0 Å². The smallest absolute Gasteiger partial charge is 0.401 e. The van der Waals surface area contributed by atoms with Crippen LogP contribution in [0.1, 0.15) is 22.9 Å². The van der Waals surface area contributed by atoms with E-state index >= 15 is 0 Å². The highest BCUT2D eigenvalue weighted by molar-refractivity contribution is 5.91. The van der Waals surface area contributed by atoms with Crippen molar-refractivity contribution in [3.63, 3.8) is 0 Å². The molecule has 2 N–H and O–H groups in total. The van der Waals surface area contributed by atoms with Crippen molar-refractivity contribution in [2.75, 3.05) is 32.8 Å². The zero-order chi connectivity index (χ0) is 19.9. The lowest BCUT2D eigenvalue weighted by Gasteiger charge is -2.28. The molecule has 1 fully saturated rings. The van der Waals surface area contributed by atoms with E-state index < -0.39 is 4.92 Å². The van der Waals surface area contributed by atoms with Gasteiger partial charge in [0.25, 0.3) is 0 Å². The van der Waals surface area contributed by atoms with Crippen molar-refractivity contribution in [3.8, 4) is 0 Å². The maximum atomic E-state index is 12.4. The molecule has 148 valence electrons. The first kappa shape index (κ1) is 19.8. The Morgan fingerprint density at radius 2 is 1.96 bits per heavy atom. The molecule has 1 atom stereocenters. The highest BCUT2D eigenvalue weighted by Gasteiger charge is 2.22. The molecule has 1 saturated heterocycles. The van der Waals surface area contributed by atoms with Crippen LogP contribution >= 0.6 is 0 Å². The molecule has 0 unspecified atom stereocenters. The minimum atomic E-state index is -0.615. The van der Waals surface area contributed by atoms with Crippen LogP contribution in [0.2, 0.25) is 0 Å². The van der Waals surface area contributed by atoms with Gasteiger partial charge in [-0.3, -0.25) is 14.9 Å². The van der Waals surface area contributed by atoms with Crippen LogP contribution in [0.25, 0.3) is 6.08 Å².